The molecular weight excluding hydrogens is 264 g/mol. The predicted molar refractivity (Wildman–Crippen MR) is 81.1 cm³/mol. The molecule has 1 amide bonds. The summed E-state index contributed by atoms with van der Waals surface area (Å²) >= 11 is 0. The van der Waals surface area contributed by atoms with Crippen LogP contribution in [0.15, 0.2) is 30.3 Å². The fourth-order valence-electron chi connectivity index (χ4n) is 2.63. The third-order valence-electron chi connectivity index (χ3n) is 3.93. The molecule has 5 nitrogen and oxygen atoms in total. The minimum atomic E-state index is -0.00729. The van der Waals surface area contributed by atoms with Gasteiger partial charge in [-0.3, -0.25) is 9.89 Å². The molecule has 0 aliphatic carbocycles. The van der Waals surface area contributed by atoms with Crippen LogP contribution in [0.25, 0.3) is 0 Å². The van der Waals surface area contributed by atoms with Gasteiger partial charge < -0.3 is 10.2 Å². The predicted octanol–water partition coefficient (Wildman–Crippen LogP) is 1.37. The first-order chi connectivity index (χ1) is 10.3. The highest BCUT2D eigenvalue weighted by Crippen LogP contribution is 2.16. The lowest BCUT2D eigenvalue weighted by Crippen LogP contribution is -2.31. The minimum absolute atomic E-state index is 0.00729. The highest BCUT2D eigenvalue weighted by atomic mass is 16.2. The molecule has 2 aromatic rings. The summed E-state index contributed by atoms with van der Waals surface area (Å²) in [5.74, 6) is -0.00729. The van der Waals surface area contributed by atoms with Crippen LogP contribution in [0.4, 0.5) is 0 Å². The summed E-state index contributed by atoms with van der Waals surface area (Å²) in [5, 5.41) is 10.5. The van der Waals surface area contributed by atoms with Gasteiger partial charge in [0.1, 0.15) is 0 Å². The van der Waals surface area contributed by atoms with Gasteiger partial charge in [0, 0.05) is 44.4 Å². The summed E-state index contributed by atoms with van der Waals surface area (Å²) in [4.78, 5) is 14.3. The number of aromatic amines is 1. The topological polar surface area (TPSA) is 61.0 Å². The molecule has 0 unspecified atom stereocenters. The second-order valence-electron chi connectivity index (χ2n) is 5.42. The maximum absolute atomic E-state index is 12.5. The van der Waals surface area contributed by atoms with Crippen LogP contribution in [0, 0.1) is 0 Å². The Kier molecular flexibility index (Phi) is 4.01. The van der Waals surface area contributed by atoms with Crippen molar-refractivity contribution in [3.63, 3.8) is 0 Å². The van der Waals surface area contributed by atoms with Crippen molar-refractivity contribution in [3.8, 4) is 0 Å². The Morgan fingerprint density at radius 3 is 2.95 bits per heavy atom. The Balaban J connectivity index is 1.66. The van der Waals surface area contributed by atoms with Crippen LogP contribution in [-0.4, -0.2) is 41.1 Å². The van der Waals surface area contributed by atoms with E-state index in [1.54, 1.807) is 4.90 Å². The molecule has 0 spiro atoms. The van der Waals surface area contributed by atoms with E-state index in [4.69, 9.17) is 0 Å². The molecule has 110 valence electrons. The normalized spacial score (nSPS) is 13.8. The second kappa shape index (κ2) is 6.10. The molecule has 2 N–H and O–H groups in total. The van der Waals surface area contributed by atoms with Crippen molar-refractivity contribution in [2.45, 2.75) is 19.4 Å². The molecule has 3 rings (SSSR count). The zero-order valence-electron chi connectivity index (χ0n) is 12.2. The minimum Gasteiger partial charge on any atom is -0.340 e. The average Bonchev–Trinajstić information content (AvgIpc) is 2.97. The molecule has 0 radical (unpaired) electrons. The van der Waals surface area contributed by atoms with Gasteiger partial charge in [-0.1, -0.05) is 30.3 Å². The van der Waals surface area contributed by atoms with Crippen LogP contribution in [0.3, 0.4) is 0 Å². The Labute approximate surface area is 124 Å². The number of fused-ring (bicyclic) bond motifs is 1. The SMILES string of the molecule is CN(CCc1ccccc1)C(=O)c1n[nH]c2c1CNCC2. The summed E-state index contributed by atoms with van der Waals surface area (Å²) in [7, 11) is 1.84. The largest absolute Gasteiger partial charge is 0.340 e. The van der Waals surface area contributed by atoms with Gasteiger partial charge in [-0.2, -0.15) is 5.10 Å². The molecule has 0 saturated heterocycles. The number of rotatable bonds is 4. The summed E-state index contributed by atoms with van der Waals surface area (Å²) < 4.78 is 0. The van der Waals surface area contributed by atoms with E-state index >= 15 is 0 Å². The van der Waals surface area contributed by atoms with Crippen molar-refractivity contribution in [3.05, 3.63) is 52.8 Å². The molecule has 1 aromatic heterocycles. The molecule has 0 saturated carbocycles. The van der Waals surface area contributed by atoms with Crippen LogP contribution in [0.1, 0.15) is 27.3 Å². The van der Waals surface area contributed by atoms with Crippen molar-refractivity contribution >= 4 is 5.91 Å². The summed E-state index contributed by atoms with van der Waals surface area (Å²) in [5.41, 5.74) is 3.92. The molecule has 2 heterocycles. The Bertz CT molecular complexity index is 620. The molecule has 1 aromatic carbocycles. The van der Waals surface area contributed by atoms with Gasteiger partial charge in [0.25, 0.3) is 5.91 Å². The number of likely N-dealkylation sites (N-methyl/N-ethyl adjacent to an activating group) is 1. The first-order valence-electron chi connectivity index (χ1n) is 7.32. The van der Waals surface area contributed by atoms with E-state index in [0.29, 0.717) is 12.2 Å². The molecule has 0 fully saturated rings. The van der Waals surface area contributed by atoms with Crippen LogP contribution in [0.5, 0.6) is 0 Å². The van der Waals surface area contributed by atoms with Crippen molar-refractivity contribution < 1.29 is 4.79 Å². The number of H-pyrrole nitrogens is 1. The zero-order valence-corrected chi connectivity index (χ0v) is 12.2. The van der Waals surface area contributed by atoms with Gasteiger partial charge in [0.15, 0.2) is 5.69 Å². The average molecular weight is 284 g/mol. The van der Waals surface area contributed by atoms with E-state index < -0.39 is 0 Å². The number of nitrogens with one attached hydrogen (secondary N) is 2. The molecule has 1 aliphatic rings. The standard InChI is InChI=1S/C16H20N4O/c1-20(10-8-12-5-3-2-4-6-12)16(21)15-13-11-17-9-7-14(13)18-19-15/h2-6,17H,7-11H2,1H3,(H,18,19). The third kappa shape index (κ3) is 2.97. The van der Waals surface area contributed by atoms with E-state index in [1.165, 1.54) is 5.56 Å². The number of hydrogen-bond donors (Lipinski definition) is 2. The summed E-state index contributed by atoms with van der Waals surface area (Å²) in [6.45, 7) is 2.35. The number of carbonyl (C=O) groups excluding carboxylic acids is 1. The molecule has 1 aliphatic heterocycles. The monoisotopic (exact) mass is 284 g/mol. The van der Waals surface area contributed by atoms with E-state index in [2.05, 4.69) is 27.6 Å². The number of carbonyl (C=O) groups is 1. The number of aromatic nitrogens is 2. The number of nitrogens with zero attached hydrogens (tertiary/aromatic N) is 2. The lowest BCUT2D eigenvalue weighted by Gasteiger charge is -2.18. The van der Waals surface area contributed by atoms with Crippen molar-refractivity contribution in [1.82, 2.24) is 20.4 Å². The van der Waals surface area contributed by atoms with Crippen LogP contribution >= 0.6 is 0 Å². The van der Waals surface area contributed by atoms with Gasteiger partial charge in [0.05, 0.1) is 0 Å². The van der Waals surface area contributed by atoms with Crippen LogP contribution < -0.4 is 5.32 Å². The quantitative estimate of drug-likeness (QED) is 0.891. The van der Waals surface area contributed by atoms with Crippen LogP contribution in [0.2, 0.25) is 0 Å². The third-order valence-corrected chi connectivity index (χ3v) is 3.93. The molecule has 0 atom stereocenters. The molecule has 0 bridgehead atoms. The second-order valence-corrected chi connectivity index (χ2v) is 5.42. The zero-order chi connectivity index (χ0) is 14.7. The molecule has 21 heavy (non-hydrogen) atoms. The molecule has 5 heteroatoms. The van der Waals surface area contributed by atoms with Gasteiger partial charge in [-0.05, 0) is 12.0 Å². The Hall–Kier alpha value is -2.14. The van der Waals surface area contributed by atoms with Gasteiger partial charge in [0.2, 0.25) is 0 Å². The van der Waals surface area contributed by atoms with E-state index in [9.17, 15) is 4.79 Å². The maximum atomic E-state index is 12.5. The Morgan fingerprint density at radius 2 is 2.14 bits per heavy atom. The van der Waals surface area contributed by atoms with E-state index in [1.807, 2.05) is 25.2 Å². The van der Waals surface area contributed by atoms with Crippen molar-refractivity contribution in [1.29, 1.82) is 0 Å². The highest BCUT2D eigenvalue weighted by molar-refractivity contribution is 5.93. The van der Waals surface area contributed by atoms with Crippen molar-refractivity contribution in [2.24, 2.45) is 0 Å². The summed E-state index contributed by atoms with van der Waals surface area (Å²) in [6.07, 6.45) is 1.76. The van der Waals surface area contributed by atoms with E-state index in [0.717, 1.165) is 37.2 Å². The first kappa shape index (κ1) is 13.8. The number of benzene rings is 1. The first-order valence-corrected chi connectivity index (χ1v) is 7.32. The smallest absolute Gasteiger partial charge is 0.274 e. The van der Waals surface area contributed by atoms with E-state index in [-0.39, 0.29) is 5.91 Å². The highest BCUT2D eigenvalue weighted by Gasteiger charge is 2.23. The Morgan fingerprint density at radius 1 is 1.33 bits per heavy atom. The van der Waals surface area contributed by atoms with Crippen molar-refractivity contribution in [2.75, 3.05) is 20.1 Å². The van der Waals surface area contributed by atoms with Gasteiger partial charge >= 0.3 is 0 Å². The summed E-state index contributed by atoms with van der Waals surface area (Å²) in [6, 6.07) is 10.2. The maximum Gasteiger partial charge on any atom is 0.274 e. The number of amides is 1. The lowest BCUT2D eigenvalue weighted by molar-refractivity contribution is 0.0789. The lowest BCUT2D eigenvalue weighted by atomic mass is 10.1. The van der Waals surface area contributed by atoms with Crippen LogP contribution in [-0.2, 0) is 19.4 Å². The fourth-order valence-corrected chi connectivity index (χ4v) is 2.63. The van der Waals surface area contributed by atoms with Gasteiger partial charge in [-0.25, -0.2) is 0 Å². The fraction of sp³-hybridized carbons (Fsp3) is 0.375. The molecular formula is C16H20N4O. The van der Waals surface area contributed by atoms with Gasteiger partial charge in [-0.15, -0.1) is 0 Å². The number of hydrogen-bond acceptors (Lipinski definition) is 3.